The molecule has 0 saturated carbocycles. The summed E-state index contributed by atoms with van der Waals surface area (Å²) in [7, 11) is -3.93. The lowest BCUT2D eigenvalue weighted by Gasteiger charge is -2.36. The molecule has 0 aromatic heterocycles. The van der Waals surface area contributed by atoms with Gasteiger partial charge in [-0.15, -0.1) is 0 Å². The Balaban J connectivity index is 1.23. The summed E-state index contributed by atoms with van der Waals surface area (Å²) in [6, 6.07) is 6.50. The van der Waals surface area contributed by atoms with E-state index in [-0.39, 0.29) is 69.2 Å². The molecule has 3 heterocycles. The highest BCUT2D eigenvalue weighted by atomic mass is 32.2. The van der Waals surface area contributed by atoms with Crippen molar-refractivity contribution in [3.05, 3.63) is 69.4 Å². The number of ether oxygens (including phenoxy) is 1. The smallest absolute Gasteiger partial charge is 0.422 e. The third-order valence-electron chi connectivity index (χ3n) is 8.96. The zero-order valence-electron chi connectivity index (χ0n) is 26.2. The summed E-state index contributed by atoms with van der Waals surface area (Å²) in [5.41, 5.74) is -0.231. The van der Waals surface area contributed by atoms with E-state index >= 15 is 0 Å². The fourth-order valence-electron chi connectivity index (χ4n) is 6.07. The molecule has 0 radical (unpaired) electrons. The fraction of sp³-hybridized carbons (Fsp3) is 0.469. The summed E-state index contributed by atoms with van der Waals surface area (Å²) in [6.07, 6.45) is -2.83. The molecule has 260 valence electrons. The average Bonchev–Trinajstić information content (AvgIpc) is 3.34. The molecule has 3 aliphatic rings. The number of nitrogens with zero attached hydrogens (tertiary/aromatic N) is 3. The minimum Gasteiger partial charge on any atom is -0.481 e. The van der Waals surface area contributed by atoms with Crippen molar-refractivity contribution in [2.24, 2.45) is 4.99 Å². The molecule has 0 bridgehead atoms. The lowest BCUT2D eigenvalue weighted by molar-refractivity contribution is -0.153. The highest BCUT2D eigenvalue weighted by Crippen LogP contribution is 2.33. The van der Waals surface area contributed by atoms with Crippen molar-refractivity contribution in [2.45, 2.75) is 56.8 Å². The first kappa shape index (κ1) is 35.4. The second-order valence-electron chi connectivity index (χ2n) is 12.4. The summed E-state index contributed by atoms with van der Waals surface area (Å²) in [5, 5.41) is 13.8. The molecule has 5 rings (SSSR count). The third-order valence-corrected chi connectivity index (χ3v) is 10.5. The first-order valence-corrected chi connectivity index (χ1v) is 16.7. The number of rotatable bonds is 8. The number of sulfonamides is 1. The van der Waals surface area contributed by atoms with Gasteiger partial charge in [0, 0.05) is 42.7 Å². The minimum atomic E-state index is -4.64. The number of aryl methyl sites for hydroxylation is 2. The van der Waals surface area contributed by atoms with Gasteiger partial charge in [-0.2, -0.15) is 17.5 Å². The number of carbonyl (C=O) groups excluding carboxylic acids is 2. The van der Waals surface area contributed by atoms with Crippen LogP contribution in [-0.4, -0.2) is 97.2 Å². The van der Waals surface area contributed by atoms with Gasteiger partial charge in [-0.05, 0) is 92.6 Å². The van der Waals surface area contributed by atoms with Crippen LogP contribution < -0.4 is 10.1 Å². The van der Waals surface area contributed by atoms with Crippen LogP contribution in [0.4, 0.5) is 22.0 Å². The fourth-order valence-corrected chi connectivity index (χ4v) is 7.24. The van der Waals surface area contributed by atoms with Crippen molar-refractivity contribution in [3.8, 4) is 5.75 Å². The molecule has 1 spiro atoms. The molecule has 2 N–H and O–H groups in total. The Bertz CT molecular complexity index is 1740. The summed E-state index contributed by atoms with van der Waals surface area (Å²) in [4.78, 5) is 32.1. The Morgan fingerprint density at radius 3 is 2.25 bits per heavy atom. The molecule has 48 heavy (non-hydrogen) atoms. The number of benzene rings is 2. The number of amides is 2. The number of nitrogens with one attached hydrogen (secondary N) is 1. The summed E-state index contributed by atoms with van der Waals surface area (Å²) >= 11 is 0. The van der Waals surface area contributed by atoms with Gasteiger partial charge in [-0.25, -0.2) is 17.2 Å². The molecule has 3 aliphatic heterocycles. The van der Waals surface area contributed by atoms with Crippen LogP contribution in [0.25, 0.3) is 6.08 Å². The van der Waals surface area contributed by atoms with E-state index in [4.69, 9.17) is 0 Å². The van der Waals surface area contributed by atoms with Gasteiger partial charge >= 0.3 is 6.18 Å². The standard InChI is InChI=1S/C32H35F5N4O6S/c1-20-15-23(28(42)40-10-6-30(44,18-33)7-11-40)16-21(2)24(20)5-14-48(45,46)41-12-8-31(9-13-41)29(43)38-27(39-31)22-3-4-26(25(34)17-22)47-19-32(35,36)37/h3-5,14-17,44H,6-13,18-19H2,1-2H3,(H,38,39,43). The van der Waals surface area contributed by atoms with Crippen LogP contribution in [0.15, 0.2) is 40.7 Å². The maximum Gasteiger partial charge on any atom is 0.422 e. The van der Waals surface area contributed by atoms with Crippen molar-refractivity contribution >= 4 is 33.7 Å². The first-order chi connectivity index (χ1) is 22.4. The Morgan fingerprint density at radius 2 is 1.69 bits per heavy atom. The van der Waals surface area contributed by atoms with E-state index in [0.29, 0.717) is 22.3 Å². The third kappa shape index (κ3) is 7.55. The summed E-state index contributed by atoms with van der Waals surface area (Å²) in [6.45, 7) is 1.35. The van der Waals surface area contributed by atoms with Crippen LogP contribution in [0, 0.1) is 19.7 Å². The van der Waals surface area contributed by atoms with Crippen molar-refractivity contribution < 1.29 is 49.8 Å². The van der Waals surface area contributed by atoms with Crippen molar-refractivity contribution in [2.75, 3.05) is 39.5 Å². The summed E-state index contributed by atoms with van der Waals surface area (Å²) in [5.74, 6) is -2.40. The number of hydrogen-bond donors (Lipinski definition) is 2. The van der Waals surface area contributed by atoms with E-state index in [0.717, 1.165) is 17.5 Å². The van der Waals surface area contributed by atoms with Gasteiger partial charge in [0.1, 0.15) is 18.0 Å². The predicted molar refractivity (Wildman–Crippen MR) is 166 cm³/mol. The molecule has 0 atom stereocenters. The van der Waals surface area contributed by atoms with E-state index in [2.05, 4.69) is 15.0 Å². The van der Waals surface area contributed by atoms with Crippen LogP contribution in [0.1, 0.15) is 58.3 Å². The van der Waals surface area contributed by atoms with Gasteiger partial charge in [0.05, 0.1) is 5.60 Å². The predicted octanol–water partition coefficient (Wildman–Crippen LogP) is 4.03. The molecule has 10 nitrogen and oxygen atoms in total. The van der Waals surface area contributed by atoms with Crippen LogP contribution in [0.5, 0.6) is 5.75 Å². The SMILES string of the molecule is Cc1cc(C(=O)N2CCC(O)(CF)CC2)cc(C)c1C=CS(=O)(=O)N1CCC2(CC1)N=C(c1ccc(OCC(F)(F)F)c(F)c1)NC2=O. The highest BCUT2D eigenvalue weighted by molar-refractivity contribution is 7.92. The molecule has 2 aromatic rings. The van der Waals surface area contributed by atoms with E-state index in [9.17, 15) is 45.1 Å². The quantitative estimate of drug-likeness (QED) is 0.401. The van der Waals surface area contributed by atoms with E-state index < -0.39 is 58.1 Å². The van der Waals surface area contributed by atoms with Crippen molar-refractivity contribution in [1.82, 2.24) is 14.5 Å². The maximum atomic E-state index is 14.4. The first-order valence-electron chi connectivity index (χ1n) is 15.2. The number of hydrogen-bond acceptors (Lipinski definition) is 7. The second-order valence-corrected chi connectivity index (χ2v) is 14.2. The molecule has 16 heteroatoms. The topological polar surface area (TPSA) is 129 Å². The second kappa shape index (κ2) is 13.2. The Morgan fingerprint density at radius 1 is 1.06 bits per heavy atom. The normalized spacial score (nSPS) is 19.9. The zero-order valence-corrected chi connectivity index (χ0v) is 27.1. The molecule has 2 amide bonds. The average molecular weight is 699 g/mol. The van der Waals surface area contributed by atoms with Gasteiger partial charge in [-0.3, -0.25) is 14.6 Å². The number of amidine groups is 1. The van der Waals surface area contributed by atoms with Gasteiger partial charge < -0.3 is 20.1 Å². The number of likely N-dealkylation sites (tertiary alicyclic amines) is 1. The van der Waals surface area contributed by atoms with Crippen molar-refractivity contribution in [3.63, 3.8) is 0 Å². The number of aliphatic hydroxyl groups is 1. The monoisotopic (exact) mass is 698 g/mol. The summed E-state index contributed by atoms with van der Waals surface area (Å²) < 4.78 is 97.0. The maximum absolute atomic E-state index is 14.4. The number of halogens is 5. The Kier molecular flexibility index (Phi) is 9.74. The largest absolute Gasteiger partial charge is 0.481 e. The highest BCUT2D eigenvalue weighted by Gasteiger charge is 2.47. The Hall–Kier alpha value is -3.89. The van der Waals surface area contributed by atoms with E-state index in [1.54, 1.807) is 30.9 Å². The molecule has 0 unspecified atom stereocenters. The van der Waals surface area contributed by atoms with Crippen molar-refractivity contribution in [1.29, 1.82) is 0 Å². The van der Waals surface area contributed by atoms with E-state index in [1.807, 2.05) is 0 Å². The Labute approximate surface area is 274 Å². The van der Waals surface area contributed by atoms with Crippen LogP contribution in [0.3, 0.4) is 0 Å². The molecular formula is C32H35F5N4O6S. The number of alkyl halides is 4. The van der Waals surface area contributed by atoms with Crippen LogP contribution in [0.2, 0.25) is 0 Å². The molecule has 0 aliphatic carbocycles. The molecular weight excluding hydrogens is 663 g/mol. The molecule has 2 fully saturated rings. The van der Waals surface area contributed by atoms with Gasteiger partial charge in [0.25, 0.3) is 11.8 Å². The lowest BCUT2D eigenvalue weighted by Crippen LogP contribution is -2.50. The van der Waals surface area contributed by atoms with Crippen LogP contribution >= 0.6 is 0 Å². The lowest BCUT2D eigenvalue weighted by atomic mass is 9.89. The molecule has 2 aromatic carbocycles. The molecule has 2 saturated heterocycles. The van der Waals surface area contributed by atoms with Crippen LogP contribution in [-0.2, 0) is 14.8 Å². The number of aliphatic imine (C=N–C) groups is 1. The van der Waals surface area contributed by atoms with Gasteiger partial charge in [0.15, 0.2) is 18.2 Å². The van der Waals surface area contributed by atoms with Gasteiger partial charge in [0.2, 0.25) is 10.0 Å². The number of carbonyl (C=O) groups is 2. The van der Waals surface area contributed by atoms with E-state index in [1.165, 1.54) is 16.4 Å². The minimum absolute atomic E-state index is 0.0203. The van der Waals surface area contributed by atoms with Gasteiger partial charge in [-0.1, -0.05) is 0 Å². The zero-order chi connectivity index (χ0) is 35.1. The number of piperidine rings is 2.